The molecule has 0 radical (unpaired) electrons. The van der Waals surface area contributed by atoms with Crippen molar-refractivity contribution >= 4 is 32.3 Å². The average Bonchev–Trinajstić information content (AvgIpc) is 2.72. The molecule has 0 aromatic heterocycles. The second kappa shape index (κ2) is 5.31. The first-order valence-corrected chi connectivity index (χ1v) is 8.42. The Hall–Kier alpha value is -3.88. The molecule has 0 saturated heterocycles. The van der Waals surface area contributed by atoms with Gasteiger partial charge in [0.05, 0.1) is 23.3 Å². The van der Waals surface area contributed by atoms with E-state index in [1.54, 1.807) is 6.07 Å². The minimum atomic E-state index is 0.550. The lowest BCUT2D eigenvalue weighted by atomic mass is 9.87. The first-order valence-electron chi connectivity index (χ1n) is 8.42. The molecule has 118 valence electrons. The van der Waals surface area contributed by atoms with E-state index < -0.39 is 0 Å². The SMILES string of the molecule is N#Cc1cc(C#N)c2ccc3c(-c4ccccc4)ccc4ccc1c2c43. The van der Waals surface area contributed by atoms with E-state index in [4.69, 9.17) is 0 Å². The smallest absolute Gasteiger partial charge is 0.0998 e. The van der Waals surface area contributed by atoms with Crippen LogP contribution in [0.25, 0.3) is 43.4 Å². The number of nitriles is 2. The van der Waals surface area contributed by atoms with Crippen LogP contribution >= 0.6 is 0 Å². The van der Waals surface area contributed by atoms with E-state index in [1.807, 2.05) is 30.3 Å². The maximum Gasteiger partial charge on any atom is 0.0998 e. The molecule has 0 aliphatic carbocycles. The topological polar surface area (TPSA) is 47.6 Å². The van der Waals surface area contributed by atoms with Gasteiger partial charge in [-0.2, -0.15) is 10.5 Å². The van der Waals surface area contributed by atoms with Gasteiger partial charge in [-0.3, -0.25) is 0 Å². The summed E-state index contributed by atoms with van der Waals surface area (Å²) in [4.78, 5) is 0. The molecule has 5 aromatic carbocycles. The molecule has 0 unspecified atom stereocenters. The molecule has 0 amide bonds. The van der Waals surface area contributed by atoms with Crippen LogP contribution in [0.1, 0.15) is 11.1 Å². The van der Waals surface area contributed by atoms with Gasteiger partial charge in [0.15, 0.2) is 0 Å². The second-order valence-electron chi connectivity index (χ2n) is 6.42. The predicted octanol–water partition coefficient (Wildman–Crippen LogP) is 5.99. The Kier molecular flexibility index (Phi) is 2.95. The lowest BCUT2D eigenvalue weighted by molar-refractivity contribution is 1.48. The monoisotopic (exact) mass is 328 g/mol. The van der Waals surface area contributed by atoms with Gasteiger partial charge in [0, 0.05) is 10.8 Å². The predicted molar refractivity (Wildman–Crippen MR) is 105 cm³/mol. The van der Waals surface area contributed by atoms with E-state index in [-0.39, 0.29) is 0 Å². The summed E-state index contributed by atoms with van der Waals surface area (Å²) in [7, 11) is 0. The van der Waals surface area contributed by atoms with Gasteiger partial charge in [0.1, 0.15) is 0 Å². The van der Waals surface area contributed by atoms with Crippen LogP contribution in [-0.4, -0.2) is 0 Å². The molecule has 5 rings (SSSR count). The van der Waals surface area contributed by atoms with E-state index in [0.717, 1.165) is 43.4 Å². The number of rotatable bonds is 1. The minimum absolute atomic E-state index is 0.550. The lowest BCUT2D eigenvalue weighted by Gasteiger charge is -2.15. The Morgan fingerprint density at radius 3 is 1.88 bits per heavy atom. The van der Waals surface area contributed by atoms with E-state index in [1.165, 1.54) is 0 Å². The van der Waals surface area contributed by atoms with Crippen LogP contribution in [0.4, 0.5) is 0 Å². The molecule has 0 atom stereocenters. The Morgan fingerprint density at radius 2 is 1.19 bits per heavy atom. The average molecular weight is 328 g/mol. The van der Waals surface area contributed by atoms with Crippen molar-refractivity contribution in [2.75, 3.05) is 0 Å². The van der Waals surface area contributed by atoms with Crippen molar-refractivity contribution in [1.82, 2.24) is 0 Å². The highest BCUT2D eigenvalue weighted by atomic mass is 14.3. The van der Waals surface area contributed by atoms with Crippen LogP contribution in [0.3, 0.4) is 0 Å². The molecule has 0 bridgehead atoms. The molecule has 2 nitrogen and oxygen atoms in total. The van der Waals surface area contributed by atoms with Crippen molar-refractivity contribution in [3.8, 4) is 23.3 Å². The largest absolute Gasteiger partial charge is 0.192 e. The molecule has 0 N–H and O–H groups in total. The van der Waals surface area contributed by atoms with Gasteiger partial charge < -0.3 is 0 Å². The molecule has 26 heavy (non-hydrogen) atoms. The summed E-state index contributed by atoms with van der Waals surface area (Å²) in [5.41, 5.74) is 3.42. The third-order valence-electron chi connectivity index (χ3n) is 5.11. The fourth-order valence-corrected chi connectivity index (χ4v) is 3.95. The molecule has 5 aromatic rings. The highest BCUT2D eigenvalue weighted by Gasteiger charge is 2.16. The van der Waals surface area contributed by atoms with Crippen molar-refractivity contribution < 1.29 is 0 Å². The van der Waals surface area contributed by atoms with Gasteiger partial charge in [-0.1, -0.05) is 66.7 Å². The summed E-state index contributed by atoms with van der Waals surface area (Å²) in [5, 5.41) is 25.3. The first-order chi connectivity index (χ1) is 12.8. The third kappa shape index (κ3) is 1.85. The van der Waals surface area contributed by atoms with Gasteiger partial charge in [0.25, 0.3) is 0 Å². The van der Waals surface area contributed by atoms with Crippen LogP contribution in [0.5, 0.6) is 0 Å². The maximum absolute atomic E-state index is 9.56. The summed E-state index contributed by atoms with van der Waals surface area (Å²) in [6, 6.07) is 28.9. The standard InChI is InChI=1S/C24H12N2/c25-13-17-12-18(14-26)21-10-11-22-19(15-4-2-1-3-5-15)8-6-16-7-9-20(17)24(21)23(16)22/h1-12H. The fraction of sp³-hybridized carbons (Fsp3) is 0. The highest BCUT2D eigenvalue weighted by molar-refractivity contribution is 6.27. The zero-order chi connectivity index (χ0) is 17.7. The summed E-state index contributed by atoms with van der Waals surface area (Å²) < 4.78 is 0. The lowest BCUT2D eigenvalue weighted by Crippen LogP contribution is -1.91. The summed E-state index contributed by atoms with van der Waals surface area (Å²) >= 11 is 0. The van der Waals surface area contributed by atoms with Crippen LogP contribution in [0, 0.1) is 22.7 Å². The Morgan fingerprint density at radius 1 is 0.577 bits per heavy atom. The molecular weight excluding hydrogens is 316 g/mol. The van der Waals surface area contributed by atoms with Gasteiger partial charge in [0.2, 0.25) is 0 Å². The van der Waals surface area contributed by atoms with Crippen molar-refractivity contribution in [1.29, 1.82) is 10.5 Å². The quantitative estimate of drug-likeness (QED) is 0.355. The number of nitrogens with zero attached hydrogens (tertiary/aromatic N) is 2. The van der Waals surface area contributed by atoms with Gasteiger partial charge >= 0.3 is 0 Å². The first kappa shape index (κ1) is 14.5. The van der Waals surface area contributed by atoms with E-state index in [2.05, 4.69) is 48.5 Å². The highest BCUT2D eigenvalue weighted by Crippen LogP contribution is 2.41. The Labute approximate surface area is 150 Å². The number of hydrogen-bond donors (Lipinski definition) is 0. The molecule has 2 heteroatoms. The molecule has 0 aliphatic rings. The van der Waals surface area contributed by atoms with Crippen LogP contribution in [-0.2, 0) is 0 Å². The fourth-order valence-electron chi connectivity index (χ4n) is 3.95. The van der Waals surface area contributed by atoms with Crippen molar-refractivity contribution in [3.05, 3.63) is 83.9 Å². The number of benzene rings is 5. The van der Waals surface area contributed by atoms with E-state index in [9.17, 15) is 10.5 Å². The zero-order valence-corrected chi connectivity index (χ0v) is 13.8. The summed E-state index contributed by atoms with van der Waals surface area (Å²) in [6.07, 6.45) is 0. The van der Waals surface area contributed by atoms with E-state index in [0.29, 0.717) is 11.1 Å². The molecule has 0 aliphatic heterocycles. The Bertz CT molecular complexity index is 1350. The number of hydrogen-bond acceptors (Lipinski definition) is 2. The zero-order valence-electron chi connectivity index (χ0n) is 13.8. The summed E-state index contributed by atoms with van der Waals surface area (Å²) in [6.45, 7) is 0. The van der Waals surface area contributed by atoms with Crippen molar-refractivity contribution in [2.24, 2.45) is 0 Å². The maximum atomic E-state index is 9.56. The van der Waals surface area contributed by atoms with Gasteiger partial charge in [-0.05, 0) is 38.7 Å². The van der Waals surface area contributed by atoms with Crippen LogP contribution < -0.4 is 0 Å². The molecule has 0 heterocycles. The van der Waals surface area contributed by atoms with Gasteiger partial charge in [-0.25, -0.2) is 0 Å². The molecule has 0 saturated carbocycles. The minimum Gasteiger partial charge on any atom is -0.192 e. The summed E-state index contributed by atoms with van der Waals surface area (Å²) in [5.74, 6) is 0. The third-order valence-corrected chi connectivity index (χ3v) is 5.11. The van der Waals surface area contributed by atoms with Crippen molar-refractivity contribution in [2.45, 2.75) is 0 Å². The molecular formula is C24H12N2. The van der Waals surface area contributed by atoms with Gasteiger partial charge in [-0.15, -0.1) is 0 Å². The van der Waals surface area contributed by atoms with Crippen LogP contribution in [0.15, 0.2) is 72.8 Å². The molecule has 0 spiro atoms. The normalized spacial score (nSPS) is 11.0. The van der Waals surface area contributed by atoms with Crippen molar-refractivity contribution in [3.63, 3.8) is 0 Å². The van der Waals surface area contributed by atoms with Crippen LogP contribution in [0.2, 0.25) is 0 Å². The Balaban J connectivity index is 2.05. The second-order valence-corrected chi connectivity index (χ2v) is 6.42. The van der Waals surface area contributed by atoms with E-state index >= 15 is 0 Å². The molecule has 0 fully saturated rings.